The molecule has 1 N–H and O–H groups in total. The molecule has 3 rings (SSSR count). The Labute approximate surface area is 202 Å². The second-order valence-electron chi connectivity index (χ2n) is 6.89. The van der Waals surface area contributed by atoms with Crippen molar-refractivity contribution in [2.75, 3.05) is 0 Å². The van der Waals surface area contributed by atoms with Crippen LogP contribution in [0.4, 0.5) is 0 Å². The molecule has 0 radical (unpaired) electrons. The Morgan fingerprint density at radius 3 is 2.44 bits per heavy atom. The van der Waals surface area contributed by atoms with Gasteiger partial charge in [-0.2, -0.15) is 5.10 Å². The van der Waals surface area contributed by atoms with Gasteiger partial charge in [0.1, 0.15) is 11.5 Å². The Bertz CT molecular complexity index is 1150. The summed E-state index contributed by atoms with van der Waals surface area (Å²) in [5.74, 6) is -0.0160. The lowest BCUT2D eigenvalue weighted by Gasteiger charge is -2.13. The van der Waals surface area contributed by atoms with Crippen molar-refractivity contribution in [2.45, 2.75) is 20.0 Å². The van der Waals surface area contributed by atoms with Gasteiger partial charge in [-0.25, -0.2) is 10.2 Å². The van der Waals surface area contributed by atoms with Gasteiger partial charge < -0.3 is 9.47 Å². The van der Waals surface area contributed by atoms with E-state index in [1.807, 2.05) is 25.1 Å². The van der Waals surface area contributed by atoms with Crippen molar-refractivity contribution >= 4 is 50.0 Å². The van der Waals surface area contributed by atoms with E-state index in [0.29, 0.717) is 22.6 Å². The second kappa shape index (κ2) is 11.1. The van der Waals surface area contributed by atoms with Crippen LogP contribution >= 0.6 is 31.9 Å². The number of hydrogen-bond acceptors (Lipinski definition) is 5. The molecule has 0 fully saturated rings. The first-order valence-corrected chi connectivity index (χ1v) is 11.2. The molecule has 0 aliphatic heterocycles. The van der Waals surface area contributed by atoms with Crippen molar-refractivity contribution in [1.82, 2.24) is 5.43 Å². The minimum Gasteiger partial charge on any atom is -0.481 e. The summed E-state index contributed by atoms with van der Waals surface area (Å²) in [4.78, 5) is 24.8. The standard InChI is InChI=1S/C24H20Br2N2O4/c1-15-4-3-5-17(12-15)24(30)32-22-11-8-20(26)13-18(22)14-27-28-23(29)16(2)31-21-9-6-19(25)7-10-21/h3-14,16H,1-2H3,(H,28,29)/b27-14-/t16-/m0/s1. The van der Waals surface area contributed by atoms with Gasteiger partial charge in [0, 0.05) is 14.5 Å². The fourth-order valence-corrected chi connectivity index (χ4v) is 3.31. The zero-order chi connectivity index (χ0) is 23.1. The van der Waals surface area contributed by atoms with E-state index in [4.69, 9.17) is 9.47 Å². The number of nitrogens with zero attached hydrogens (tertiary/aromatic N) is 1. The Kier molecular flexibility index (Phi) is 8.19. The molecule has 3 aromatic rings. The third kappa shape index (κ3) is 6.77. The first-order valence-electron chi connectivity index (χ1n) is 9.65. The van der Waals surface area contributed by atoms with E-state index in [1.165, 1.54) is 6.21 Å². The van der Waals surface area contributed by atoms with Crippen LogP contribution in [0.5, 0.6) is 11.5 Å². The molecule has 3 aromatic carbocycles. The van der Waals surface area contributed by atoms with E-state index < -0.39 is 18.0 Å². The van der Waals surface area contributed by atoms with E-state index in [9.17, 15) is 9.59 Å². The SMILES string of the molecule is Cc1cccc(C(=O)Oc2ccc(Br)cc2/C=N\NC(=O)[C@H](C)Oc2ccc(Br)cc2)c1. The normalized spacial score (nSPS) is 11.8. The largest absolute Gasteiger partial charge is 0.481 e. The molecule has 6 nitrogen and oxygen atoms in total. The van der Waals surface area contributed by atoms with E-state index in [-0.39, 0.29) is 0 Å². The zero-order valence-electron chi connectivity index (χ0n) is 17.3. The molecule has 0 saturated heterocycles. The van der Waals surface area contributed by atoms with Crippen molar-refractivity contribution in [2.24, 2.45) is 5.10 Å². The first-order chi connectivity index (χ1) is 15.3. The lowest BCUT2D eigenvalue weighted by molar-refractivity contribution is -0.127. The predicted molar refractivity (Wildman–Crippen MR) is 130 cm³/mol. The summed E-state index contributed by atoms with van der Waals surface area (Å²) in [5.41, 5.74) is 4.36. The molecule has 0 aliphatic carbocycles. The third-order valence-corrected chi connectivity index (χ3v) is 5.32. The number of carbonyl (C=O) groups is 2. The Morgan fingerprint density at radius 1 is 1.00 bits per heavy atom. The lowest BCUT2D eigenvalue weighted by atomic mass is 10.1. The number of ether oxygens (including phenoxy) is 2. The van der Waals surface area contributed by atoms with Crippen LogP contribution in [0.2, 0.25) is 0 Å². The average molecular weight is 560 g/mol. The summed E-state index contributed by atoms with van der Waals surface area (Å²) in [5, 5.41) is 3.99. The highest BCUT2D eigenvalue weighted by atomic mass is 79.9. The van der Waals surface area contributed by atoms with Crippen molar-refractivity contribution in [3.8, 4) is 11.5 Å². The van der Waals surface area contributed by atoms with Crippen LogP contribution in [0, 0.1) is 6.92 Å². The first kappa shape index (κ1) is 23.7. The van der Waals surface area contributed by atoms with Gasteiger partial charge >= 0.3 is 5.97 Å². The van der Waals surface area contributed by atoms with Gasteiger partial charge in [-0.1, -0.05) is 49.6 Å². The highest BCUT2D eigenvalue weighted by Crippen LogP contribution is 2.23. The van der Waals surface area contributed by atoms with Crippen molar-refractivity contribution in [3.05, 3.63) is 92.4 Å². The van der Waals surface area contributed by atoms with Gasteiger partial charge in [-0.05, 0) is 68.4 Å². The number of amides is 1. The fourth-order valence-electron chi connectivity index (χ4n) is 2.67. The number of rotatable bonds is 7. The van der Waals surface area contributed by atoms with Crippen LogP contribution in [0.3, 0.4) is 0 Å². The Balaban J connectivity index is 1.65. The molecular formula is C24H20Br2N2O4. The van der Waals surface area contributed by atoms with E-state index in [0.717, 1.165) is 14.5 Å². The number of halogens is 2. The maximum Gasteiger partial charge on any atom is 0.343 e. The summed E-state index contributed by atoms with van der Waals surface area (Å²) >= 11 is 6.74. The zero-order valence-corrected chi connectivity index (χ0v) is 20.5. The molecule has 0 bridgehead atoms. The molecule has 0 aromatic heterocycles. The summed E-state index contributed by atoms with van der Waals surface area (Å²) in [6, 6.07) is 19.4. The van der Waals surface area contributed by atoms with Crippen LogP contribution in [0.1, 0.15) is 28.4 Å². The highest BCUT2D eigenvalue weighted by Gasteiger charge is 2.15. The summed E-state index contributed by atoms with van der Waals surface area (Å²) in [6.07, 6.45) is 0.655. The molecule has 1 amide bonds. The molecular weight excluding hydrogens is 540 g/mol. The molecule has 32 heavy (non-hydrogen) atoms. The van der Waals surface area contributed by atoms with Crippen molar-refractivity contribution in [3.63, 3.8) is 0 Å². The van der Waals surface area contributed by atoms with E-state index in [1.54, 1.807) is 55.5 Å². The van der Waals surface area contributed by atoms with Crippen LogP contribution in [0.15, 0.2) is 80.8 Å². The average Bonchev–Trinajstić information content (AvgIpc) is 2.77. The summed E-state index contributed by atoms with van der Waals surface area (Å²) in [6.45, 7) is 3.53. The number of carbonyl (C=O) groups excluding carboxylic acids is 2. The molecule has 164 valence electrons. The monoisotopic (exact) mass is 558 g/mol. The van der Waals surface area contributed by atoms with Gasteiger partial charge in [-0.15, -0.1) is 0 Å². The van der Waals surface area contributed by atoms with Crippen molar-refractivity contribution in [1.29, 1.82) is 0 Å². The molecule has 0 saturated carbocycles. The van der Waals surface area contributed by atoms with Gasteiger partial charge in [-0.3, -0.25) is 4.79 Å². The molecule has 0 heterocycles. The van der Waals surface area contributed by atoms with Crippen LogP contribution in [0.25, 0.3) is 0 Å². The van der Waals surface area contributed by atoms with E-state index in [2.05, 4.69) is 42.4 Å². The van der Waals surface area contributed by atoms with E-state index >= 15 is 0 Å². The number of esters is 1. The Hall–Kier alpha value is -2.97. The predicted octanol–water partition coefficient (Wildman–Crippen LogP) is 5.66. The molecule has 8 heteroatoms. The number of benzene rings is 3. The minimum atomic E-state index is -0.755. The van der Waals surface area contributed by atoms with Gasteiger partial charge in [0.15, 0.2) is 6.10 Å². The maximum atomic E-state index is 12.5. The van der Waals surface area contributed by atoms with Gasteiger partial charge in [0.05, 0.1) is 11.8 Å². The fraction of sp³-hybridized carbons (Fsp3) is 0.125. The number of nitrogens with one attached hydrogen (secondary N) is 1. The maximum absolute atomic E-state index is 12.5. The number of hydrogen-bond donors (Lipinski definition) is 1. The Morgan fingerprint density at radius 2 is 1.72 bits per heavy atom. The third-order valence-electron chi connectivity index (χ3n) is 4.30. The van der Waals surface area contributed by atoms with Crippen LogP contribution in [-0.4, -0.2) is 24.2 Å². The van der Waals surface area contributed by atoms with Gasteiger partial charge in [0.25, 0.3) is 5.91 Å². The second-order valence-corrected chi connectivity index (χ2v) is 8.72. The van der Waals surface area contributed by atoms with Gasteiger partial charge in [0.2, 0.25) is 0 Å². The molecule has 0 spiro atoms. The quantitative estimate of drug-likeness (QED) is 0.175. The molecule has 0 unspecified atom stereocenters. The summed E-state index contributed by atoms with van der Waals surface area (Å²) < 4.78 is 12.8. The minimum absolute atomic E-state index is 0.317. The summed E-state index contributed by atoms with van der Waals surface area (Å²) in [7, 11) is 0. The van der Waals surface area contributed by atoms with Crippen LogP contribution in [-0.2, 0) is 4.79 Å². The number of hydrazone groups is 1. The topological polar surface area (TPSA) is 77.0 Å². The molecule has 0 aliphatic rings. The van der Waals surface area contributed by atoms with Crippen molar-refractivity contribution < 1.29 is 19.1 Å². The van der Waals surface area contributed by atoms with Crippen LogP contribution < -0.4 is 14.9 Å². The lowest BCUT2D eigenvalue weighted by Crippen LogP contribution is -2.33. The smallest absolute Gasteiger partial charge is 0.343 e. The highest BCUT2D eigenvalue weighted by molar-refractivity contribution is 9.10. The molecule has 1 atom stereocenters. The number of aryl methyl sites for hydroxylation is 1.